The van der Waals surface area contributed by atoms with Gasteiger partial charge >= 0.3 is 0 Å². The summed E-state index contributed by atoms with van der Waals surface area (Å²) in [5.74, 6) is -1.89. The van der Waals surface area contributed by atoms with Crippen LogP contribution in [-0.2, 0) is 0 Å². The molecule has 0 aliphatic carbocycles. The van der Waals surface area contributed by atoms with Crippen molar-refractivity contribution in [3.63, 3.8) is 0 Å². The van der Waals surface area contributed by atoms with Gasteiger partial charge in [-0.1, -0.05) is 0 Å². The van der Waals surface area contributed by atoms with Crippen molar-refractivity contribution in [3.8, 4) is 11.5 Å². The van der Waals surface area contributed by atoms with Gasteiger partial charge in [0.15, 0.2) is 11.6 Å². The first kappa shape index (κ1) is 12.7. The average molecular weight is 266 g/mol. The number of nitro benzene ring substituents is 1. The number of nitrogen functional groups attached to an aromatic ring is 1. The number of rotatable bonds is 3. The molecule has 0 atom stereocenters. The van der Waals surface area contributed by atoms with Gasteiger partial charge in [-0.3, -0.25) is 10.1 Å². The highest BCUT2D eigenvalue weighted by Gasteiger charge is 2.12. The Morgan fingerprint density at radius 1 is 1.16 bits per heavy atom. The van der Waals surface area contributed by atoms with Gasteiger partial charge in [-0.25, -0.2) is 8.78 Å². The fourth-order valence-corrected chi connectivity index (χ4v) is 1.45. The van der Waals surface area contributed by atoms with Crippen LogP contribution in [0.25, 0.3) is 0 Å². The smallest absolute Gasteiger partial charge is 0.275 e. The fraction of sp³-hybridized carbons (Fsp3) is 0. The van der Waals surface area contributed by atoms with Crippen molar-refractivity contribution in [1.82, 2.24) is 0 Å². The first-order valence-corrected chi connectivity index (χ1v) is 5.13. The maximum Gasteiger partial charge on any atom is 0.275 e. The zero-order chi connectivity index (χ0) is 14.0. The third kappa shape index (κ3) is 2.95. The Morgan fingerprint density at radius 2 is 1.89 bits per heavy atom. The van der Waals surface area contributed by atoms with Crippen LogP contribution in [0.1, 0.15) is 0 Å². The summed E-state index contributed by atoms with van der Waals surface area (Å²) in [6, 6.07) is 6.15. The minimum Gasteiger partial charge on any atom is -0.454 e. The summed E-state index contributed by atoms with van der Waals surface area (Å²) < 4.78 is 31.4. The molecule has 0 saturated carbocycles. The molecule has 0 radical (unpaired) electrons. The second kappa shape index (κ2) is 4.89. The van der Waals surface area contributed by atoms with Gasteiger partial charge in [0.2, 0.25) is 0 Å². The van der Waals surface area contributed by atoms with Crippen LogP contribution in [0.2, 0.25) is 0 Å². The van der Waals surface area contributed by atoms with E-state index in [4.69, 9.17) is 10.5 Å². The Bertz CT molecular complexity index is 647. The van der Waals surface area contributed by atoms with E-state index in [9.17, 15) is 18.9 Å². The van der Waals surface area contributed by atoms with Crippen LogP contribution in [0.15, 0.2) is 36.4 Å². The zero-order valence-electron chi connectivity index (χ0n) is 9.47. The Labute approximate surface area is 106 Å². The summed E-state index contributed by atoms with van der Waals surface area (Å²) in [6.45, 7) is 0. The molecule has 2 aromatic carbocycles. The second-order valence-corrected chi connectivity index (χ2v) is 3.69. The first-order chi connectivity index (χ1) is 8.95. The summed E-state index contributed by atoms with van der Waals surface area (Å²) in [5.41, 5.74) is 5.25. The van der Waals surface area contributed by atoms with E-state index < -0.39 is 16.6 Å². The van der Waals surface area contributed by atoms with Crippen molar-refractivity contribution >= 4 is 11.4 Å². The molecule has 0 bridgehead atoms. The molecule has 0 amide bonds. The Morgan fingerprint density at radius 3 is 2.58 bits per heavy atom. The van der Waals surface area contributed by atoms with Crippen LogP contribution in [0.3, 0.4) is 0 Å². The van der Waals surface area contributed by atoms with Crippen molar-refractivity contribution in [2.75, 3.05) is 5.73 Å². The lowest BCUT2D eigenvalue weighted by Crippen LogP contribution is -1.95. The highest BCUT2D eigenvalue weighted by atomic mass is 19.1. The summed E-state index contributed by atoms with van der Waals surface area (Å²) >= 11 is 0. The number of nitrogens with two attached hydrogens (primary N) is 1. The molecule has 0 unspecified atom stereocenters. The molecule has 7 heteroatoms. The van der Waals surface area contributed by atoms with Crippen molar-refractivity contribution in [2.45, 2.75) is 0 Å². The number of nitro groups is 1. The predicted molar refractivity (Wildman–Crippen MR) is 63.9 cm³/mol. The van der Waals surface area contributed by atoms with Crippen LogP contribution in [-0.4, -0.2) is 4.92 Å². The van der Waals surface area contributed by atoms with Crippen LogP contribution in [0.4, 0.5) is 20.2 Å². The molecule has 0 fully saturated rings. The average Bonchev–Trinajstić information content (AvgIpc) is 2.33. The van der Waals surface area contributed by atoms with Crippen LogP contribution >= 0.6 is 0 Å². The van der Waals surface area contributed by atoms with Gasteiger partial charge in [0.05, 0.1) is 11.0 Å². The number of hydrogen-bond acceptors (Lipinski definition) is 4. The first-order valence-electron chi connectivity index (χ1n) is 5.13. The molecular weight excluding hydrogens is 258 g/mol. The molecule has 2 N–H and O–H groups in total. The Kier molecular flexibility index (Phi) is 3.28. The molecule has 0 heterocycles. The molecule has 0 aromatic heterocycles. The molecule has 0 aliphatic heterocycles. The number of halogens is 2. The molecule has 0 spiro atoms. The van der Waals surface area contributed by atoms with Gasteiger partial charge < -0.3 is 10.5 Å². The van der Waals surface area contributed by atoms with Crippen LogP contribution in [0, 0.1) is 21.7 Å². The summed E-state index contributed by atoms with van der Waals surface area (Å²) in [4.78, 5) is 9.98. The lowest BCUT2D eigenvalue weighted by atomic mass is 10.2. The number of ether oxygens (including phenoxy) is 1. The van der Waals surface area contributed by atoms with Gasteiger partial charge in [-0.05, 0) is 12.1 Å². The summed E-state index contributed by atoms with van der Waals surface area (Å²) in [7, 11) is 0. The third-order valence-corrected chi connectivity index (χ3v) is 2.25. The quantitative estimate of drug-likeness (QED) is 0.525. The van der Waals surface area contributed by atoms with Crippen molar-refractivity contribution in [1.29, 1.82) is 0 Å². The van der Waals surface area contributed by atoms with Crippen molar-refractivity contribution in [3.05, 3.63) is 58.1 Å². The molecule has 0 aliphatic rings. The number of benzene rings is 2. The van der Waals surface area contributed by atoms with E-state index in [1.165, 1.54) is 6.07 Å². The number of nitrogens with zero attached hydrogens (tertiary/aromatic N) is 1. The lowest BCUT2D eigenvalue weighted by Gasteiger charge is -2.07. The lowest BCUT2D eigenvalue weighted by molar-refractivity contribution is -0.384. The Balaban J connectivity index is 2.38. The number of non-ortho nitro benzene ring substituents is 1. The monoisotopic (exact) mass is 266 g/mol. The second-order valence-electron chi connectivity index (χ2n) is 3.69. The van der Waals surface area contributed by atoms with Crippen LogP contribution < -0.4 is 10.5 Å². The minimum atomic E-state index is -0.786. The Hall–Kier alpha value is -2.70. The molecule has 98 valence electrons. The molecule has 0 saturated heterocycles. The highest BCUT2D eigenvalue weighted by Crippen LogP contribution is 2.30. The number of hydrogen-bond donors (Lipinski definition) is 1. The molecule has 5 nitrogen and oxygen atoms in total. The predicted octanol–water partition coefficient (Wildman–Crippen LogP) is 3.25. The largest absolute Gasteiger partial charge is 0.454 e. The number of anilines is 1. The van der Waals surface area contributed by atoms with Gasteiger partial charge in [0.1, 0.15) is 11.6 Å². The maximum absolute atomic E-state index is 13.4. The fourth-order valence-electron chi connectivity index (χ4n) is 1.45. The maximum atomic E-state index is 13.4. The van der Waals surface area contributed by atoms with Gasteiger partial charge in [0.25, 0.3) is 5.69 Å². The molecule has 19 heavy (non-hydrogen) atoms. The summed E-state index contributed by atoms with van der Waals surface area (Å²) in [5, 5.41) is 10.6. The normalized spacial score (nSPS) is 10.2. The van der Waals surface area contributed by atoms with E-state index in [2.05, 4.69) is 0 Å². The van der Waals surface area contributed by atoms with Crippen LogP contribution in [0.5, 0.6) is 11.5 Å². The van der Waals surface area contributed by atoms with Crippen molar-refractivity contribution in [2.24, 2.45) is 0 Å². The van der Waals surface area contributed by atoms with Gasteiger partial charge in [0, 0.05) is 23.9 Å². The van der Waals surface area contributed by atoms with E-state index in [1.807, 2.05) is 0 Å². The van der Waals surface area contributed by atoms with E-state index in [0.717, 1.165) is 30.3 Å². The van der Waals surface area contributed by atoms with Crippen molar-refractivity contribution < 1.29 is 18.4 Å². The van der Waals surface area contributed by atoms with E-state index >= 15 is 0 Å². The SMILES string of the molecule is Nc1cc(Oc2cc(F)ccc2F)cc([N+](=O)[O-])c1. The summed E-state index contributed by atoms with van der Waals surface area (Å²) in [6.07, 6.45) is 0. The van der Waals surface area contributed by atoms with E-state index in [1.54, 1.807) is 0 Å². The molecular formula is C12H8F2N2O3. The zero-order valence-corrected chi connectivity index (χ0v) is 9.47. The van der Waals surface area contributed by atoms with Gasteiger partial charge in [-0.15, -0.1) is 0 Å². The minimum absolute atomic E-state index is 0.0452. The standard InChI is InChI=1S/C12H8F2N2O3/c13-7-1-2-11(14)12(3-7)19-10-5-8(15)4-9(6-10)16(17)18/h1-6H,15H2. The molecule has 2 aromatic rings. The molecule has 2 rings (SSSR count). The topological polar surface area (TPSA) is 78.4 Å². The third-order valence-electron chi connectivity index (χ3n) is 2.25. The highest BCUT2D eigenvalue weighted by molar-refractivity contribution is 5.54. The van der Waals surface area contributed by atoms with E-state index in [-0.39, 0.29) is 22.9 Å². The van der Waals surface area contributed by atoms with E-state index in [0.29, 0.717) is 0 Å². The van der Waals surface area contributed by atoms with Gasteiger partial charge in [-0.2, -0.15) is 0 Å².